The fourth-order valence-corrected chi connectivity index (χ4v) is 3.67. The largest absolute Gasteiger partial charge is 0.496 e. The first-order valence-corrected chi connectivity index (χ1v) is 10.4. The summed E-state index contributed by atoms with van der Waals surface area (Å²) in [5.41, 5.74) is 0.484. The molecule has 0 spiro atoms. The number of aromatic amines is 1. The molecule has 0 unspecified atom stereocenters. The highest BCUT2D eigenvalue weighted by atomic mass is 35.5. The molecule has 0 aliphatic carbocycles. The SMILES string of the molecule is CNc1nc(OC)c2[nH]c(=O)n(-c3cc(OCc4c(F)cccc4OC)c(OC)cc3Cl)c2n1. The Balaban J connectivity index is 1.84. The van der Waals surface area contributed by atoms with Crippen LogP contribution in [0.15, 0.2) is 35.1 Å². The number of halogens is 2. The summed E-state index contributed by atoms with van der Waals surface area (Å²) in [5, 5.41) is 3.02. The molecule has 0 aliphatic heterocycles. The number of nitrogens with zero attached hydrogens (tertiary/aromatic N) is 3. The second kappa shape index (κ2) is 9.48. The first kappa shape index (κ1) is 23.2. The van der Waals surface area contributed by atoms with E-state index in [0.29, 0.717) is 11.5 Å². The maximum Gasteiger partial charge on any atom is 0.332 e. The quantitative estimate of drug-likeness (QED) is 0.386. The molecule has 0 fully saturated rings. The normalized spacial score (nSPS) is 10.9. The summed E-state index contributed by atoms with van der Waals surface area (Å²) in [6.07, 6.45) is 0. The van der Waals surface area contributed by atoms with E-state index in [4.69, 9.17) is 30.5 Å². The summed E-state index contributed by atoms with van der Waals surface area (Å²) in [4.78, 5) is 24.1. The van der Waals surface area contributed by atoms with Crippen LogP contribution in [0.3, 0.4) is 0 Å². The third-order valence-corrected chi connectivity index (χ3v) is 5.37. The van der Waals surface area contributed by atoms with E-state index in [2.05, 4.69) is 20.3 Å². The predicted octanol–water partition coefficient (Wildman–Crippen LogP) is 3.55. The van der Waals surface area contributed by atoms with Crippen molar-refractivity contribution in [3.63, 3.8) is 0 Å². The number of imidazole rings is 1. The number of hydrogen-bond donors (Lipinski definition) is 2. The van der Waals surface area contributed by atoms with Crippen molar-refractivity contribution in [2.45, 2.75) is 6.61 Å². The Labute approximate surface area is 198 Å². The van der Waals surface area contributed by atoms with Gasteiger partial charge in [0.2, 0.25) is 11.8 Å². The fourth-order valence-electron chi connectivity index (χ4n) is 3.43. The van der Waals surface area contributed by atoms with Crippen LogP contribution in [-0.2, 0) is 6.61 Å². The van der Waals surface area contributed by atoms with Crippen LogP contribution < -0.4 is 30.0 Å². The van der Waals surface area contributed by atoms with Gasteiger partial charge in [0.1, 0.15) is 23.7 Å². The van der Waals surface area contributed by atoms with Gasteiger partial charge >= 0.3 is 5.69 Å². The molecule has 0 amide bonds. The first-order chi connectivity index (χ1) is 16.4. The molecule has 34 heavy (non-hydrogen) atoms. The molecule has 0 atom stereocenters. The molecule has 2 N–H and O–H groups in total. The first-order valence-electron chi connectivity index (χ1n) is 9.98. The zero-order valence-corrected chi connectivity index (χ0v) is 19.5. The molecule has 4 aromatic rings. The lowest BCUT2D eigenvalue weighted by molar-refractivity contribution is 0.272. The van der Waals surface area contributed by atoms with Crippen LogP contribution >= 0.6 is 11.6 Å². The molecule has 0 radical (unpaired) electrons. The molecule has 4 rings (SSSR count). The Morgan fingerprint density at radius 2 is 1.85 bits per heavy atom. The second-order valence-corrected chi connectivity index (χ2v) is 7.34. The molecule has 178 valence electrons. The number of fused-ring (bicyclic) bond motifs is 1. The van der Waals surface area contributed by atoms with E-state index < -0.39 is 11.5 Å². The van der Waals surface area contributed by atoms with Crippen molar-refractivity contribution in [1.29, 1.82) is 0 Å². The lowest BCUT2D eigenvalue weighted by Gasteiger charge is -2.16. The van der Waals surface area contributed by atoms with Crippen LogP contribution in [0.5, 0.6) is 23.1 Å². The Kier molecular flexibility index (Phi) is 6.46. The molecule has 0 saturated carbocycles. The topological polar surface area (TPSA) is 113 Å². The number of benzene rings is 2. The van der Waals surface area contributed by atoms with Crippen LogP contribution in [0.2, 0.25) is 5.02 Å². The molecular formula is C22H21ClFN5O5. The molecule has 0 bridgehead atoms. The van der Waals surface area contributed by atoms with E-state index >= 15 is 0 Å². The van der Waals surface area contributed by atoms with Crippen LogP contribution in [-0.4, -0.2) is 47.9 Å². The van der Waals surface area contributed by atoms with E-state index in [1.54, 1.807) is 13.1 Å². The van der Waals surface area contributed by atoms with Gasteiger partial charge < -0.3 is 24.3 Å². The average molecular weight is 490 g/mol. The highest BCUT2D eigenvalue weighted by molar-refractivity contribution is 6.32. The zero-order valence-electron chi connectivity index (χ0n) is 18.7. The predicted molar refractivity (Wildman–Crippen MR) is 124 cm³/mol. The van der Waals surface area contributed by atoms with Gasteiger partial charge in [0.25, 0.3) is 0 Å². The Bertz CT molecular complexity index is 1420. The van der Waals surface area contributed by atoms with Gasteiger partial charge in [0.05, 0.1) is 37.6 Å². The van der Waals surface area contributed by atoms with Crippen molar-refractivity contribution in [2.24, 2.45) is 0 Å². The molecular weight excluding hydrogens is 469 g/mol. The third kappa shape index (κ3) is 4.05. The van der Waals surface area contributed by atoms with Crippen molar-refractivity contribution >= 4 is 28.7 Å². The standard InChI is InChI=1S/C22H21ClFN5O5/c1-25-21-27-19-18(20(28-21)33-4)26-22(30)29(19)14-9-17(16(32-3)8-12(14)23)34-10-11-13(24)6-5-7-15(11)31-2/h5-9H,10H2,1-4H3,(H,26,30)(H,25,27,28). The Hall–Kier alpha value is -3.99. The van der Waals surface area contributed by atoms with Gasteiger partial charge in [-0.1, -0.05) is 17.7 Å². The highest BCUT2D eigenvalue weighted by Crippen LogP contribution is 2.37. The minimum absolute atomic E-state index is 0.157. The monoisotopic (exact) mass is 489 g/mol. The number of ether oxygens (including phenoxy) is 4. The summed E-state index contributed by atoms with van der Waals surface area (Å²) < 4.78 is 37.4. The maximum absolute atomic E-state index is 14.4. The molecule has 2 aromatic carbocycles. The van der Waals surface area contributed by atoms with Gasteiger partial charge in [0.15, 0.2) is 17.1 Å². The van der Waals surface area contributed by atoms with Crippen LogP contribution in [0.4, 0.5) is 10.3 Å². The maximum atomic E-state index is 14.4. The fraction of sp³-hybridized carbons (Fsp3) is 0.227. The van der Waals surface area contributed by atoms with Gasteiger partial charge in [-0.2, -0.15) is 9.97 Å². The number of H-pyrrole nitrogens is 1. The Morgan fingerprint density at radius 3 is 2.53 bits per heavy atom. The smallest absolute Gasteiger partial charge is 0.332 e. The minimum Gasteiger partial charge on any atom is -0.496 e. The number of hydrogen-bond acceptors (Lipinski definition) is 8. The number of rotatable bonds is 8. The minimum atomic E-state index is -0.523. The lowest BCUT2D eigenvalue weighted by atomic mass is 10.2. The molecule has 12 heteroatoms. The van der Waals surface area contributed by atoms with E-state index in [1.807, 2.05) is 0 Å². The van der Waals surface area contributed by atoms with Crippen molar-refractivity contribution in [2.75, 3.05) is 33.7 Å². The number of nitrogens with one attached hydrogen (secondary N) is 2. The Morgan fingerprint density at radius 1 is 1.09 bits per heavy atom. The molecule has 0 aliphatic rings. The lowest BCUT2D eigenvalue weighted by Crippen LogP contribution is -2.16. The van der Waals surface area contributed by atoms with Gasteiger partial charge in [-0.15, -0.1) is 0 Å². The van der Waals surface area contributed by atoms with Crippen molar-refractivity contribution in [3.05, 3.63) is 57.2 Å². The van der Waals surface area contributed by atoms with Crippen molar-refractivity contribution in [1.82, 2.24) is 19.5 Å². The summed E-state index contributed by atoms with van der Waals surface area (Å²) >= 11 is 6.50. The molecule has 2 aromatic heterocycles. The summed E-state index contributed by atoms with van der Waals surface area (Å²) in [6, 6.07) is 7.48. The van der Waals surface area contributed by atoms with Crippen molar-refractivity contribution < 1.29 is 23.3 Å². The number of methoxy groups -OCH3 is 3. The second-order valence-electron chi connectivity index (χ2n) is 6.93. The van der Waals surface area contributed by atoms with Gasteiger partial charge in [0, 0.05) is 19.2 Å². The third-order valence-electron chi connectivity index (χ3n) is 5.06. The van der Waals surface area contributed by atoms with Crippen molar-refractivity contribution in [3.8, 4) is 28.8 Å². The summed E-state index contributed by atoms with van der Waals surface area (Å²) in [7, 11) is 5.95. The van der Waals surface area contributed by atoms with Crippen LogP contribution in [0, 0.1) is 5.82 Å². The van der Waals surface area contributed by atoms with E-state index in [-0.39, 0.29) is 51.6 Å². The number of anilines is 1. The highest BCUT2D eigenvalue weighted by Gasteiger charge is 2.21. The van der Waals surface area contributed by atoms with Gasteiger partial charge in [-0.05, 0) is 12.1 Å². The van der Waals surface area contributed by atoms with E-state index in [1.165, 1.54) is 50.2 Å². The zero-order chi connectivity index (χ0) is 24.4. The number of aromatic nitrogens is 4. The van der Waals surface area contributed by atoms with Crippen LogP contribution in [0.1, 0.15) is 5.56 Å². The molecule has 2 heterocycles. The average Bonchev–Trinajstić information content (AvgIpc) is 3.18. The van der Waals surface area contributed by atoms with Crippen LogP contribution in [0.25, 0.3) is 16.9 Å². The summed E-state index contributed by atoms with van der Waals surface area (Å²) in [5.74, 6) is 0.791. The molecule has 10 nitrogen and oxygen atoms in total. The van der Waals surface area contributed by atoms with E-state index in [0.717, 1.165) is 0 Å². The summed E-state index contributed by atoms with van der Waals surface area (Å²) in [6.45, 7) is -0.157. The van der Waals surface area contributed by atoms with E-state index in [9.17, 15) is 9.18 Å². The van der Waals surface area contributed by atoms with Gasteiger partial charge in [-0.3, -0.25) is 4.98 Å². The molecule has 0 saturated heterocycles. The van der Waals surface area contributed by atoms with Gasteiger partial charge in [-0.25, -0.2) is 13.8 Å².